The lowest BCUT2D eigenvalue weighted by atomic mass is 10.2. The van der Waals surface area contributed by atoms with Gasteiger partial charge in [0.25, 0.3) is 0 Å². The van der Waals surface area contributed by atoms with Crippen LogP contribution in [0.25, 0.3) is 0 Å². The van der Waals surface area contributed by atoms with E-state index in [1.165, 1.54) is 12.1 Å². The molecule has 0 spiro atoms. The Hall–Kier alpha value is -1.20. The van der Waals surface area contributed by atoms with Gasteiger partial charge in [-0.25, -0.2) is 8.78 Å². The van der Waals surface area contributed by atoms with Gasteiger partial charge in [-0.2, -0.15) is 0 Å². The van der Waals surface area contributed by atoms with Gasteiger partial charge in [0.2, 0.25) is 0 Å². The third-order valence-electron chi connectivity index (χ3n) is 2.43. The van der Waals surface area contributed by atoms with Crippen molar-refractivity contribution in [3.8, 4) is 5.75 Å². The molecule has 5 heteroatoms. The summed E-state index contributed by atoms with van der Waals surface area (Å²) in [6.07, 6.45) is 0. The maximum absolute atomic E-state index is 13.7. The summed E-state index contributed by atoms with van der Waals surface area (Å²) in [6.45, 7) is 7.41. The minimum atomic E-state index is -0.707. The van der Waals surface area contributed by atoms with E-state index in [0.717, 1.165) is 6.54 Å². The van der Waals surface area contributed by atoms with E-state index in [2.05, 4.69) is 19.2 Å². The quantitative estimate of drug-likeness (QED) is 0.583. The smallest absolute Gasteiger partial charge is 0.193 e. The Labute approximate surface area is 112 Å². The van der Waals surface area contributed by atoms with Crippen molar-refractivity contribution in [3.05, 3.63) is 29.3 Å². The molecule has 0 heterocycles. The summed E-state index contributed by atoms with van der Waals surface area (Å²) in [6, 6.07) is 2.55. The van der Waals surface area contributed by atoms with E-state index in [0.29, 0.717) is 24.6 Å². The molecule has 0 amide bonds. The lowest BCUT2D eigenvalue weighted by Crippen LogP contribution is -2.19. The number of ether oxygens (including phenoxy) is 2. The van der Waals surface area contributed by atoms with Gasteiger partial charge >= 0.3 is 0 Å². The fourth-order valence-electron chi connectivity index (χ4n) is 1.54. The number of hydrogen-bond acceptors (Lipinski definition) is 3. The lowest BCUT2D eigenvalue weighted by molar-refractivity contribution is 0.0176. The number of hydrogen-bond donors (Lipinski definition) is 1. The Morgan fingerprint density at radius 3 is 2.37 bits per heavy atom. The molecule has 0 unspecified atom stereocenters. The average molecular weight is 273 g/mol. The van der Waals surface area contributed by atoms with Crippen molar-refractivity contribution >= 4 is 0 Å². The zero-order valence-corrected chi connectivity index (χ0v) is 11.6. The Morgan fingerprint density at radius 2 is 1.84 bits per heavy atom. The normalized spacial score (nSPS) is 11.1. The summed E-state index contributed by atoms with van der Waals surface area (Å²) in [5.41, 5.74) is 0.555. The highest BCUT2D eigenvalue weighted by molar-refractivity contribution is 5.31. The highest BCUT2D eigenvalue weighted by atomic mass is 19.1. The predicted octanol–water partition coefficient (Wildman–Crippen LogP) is 3.08. The predicted molar refractivity (Wildman–Crippen MR) is 70.0 cm³/mol. The highest BCUT2D eigenvalue weighted by Crippen LogP contribution is 2.23. The number of nitrogens with one attached hydrogen (secondary N) is 1. The van der Waals surface area contributed by atoms with Crippen LogP contribution in [0.3, 0.4) is 0 Å². The molecule has 0 bridgehead atoms. The molecule has 1 rings (SSSR count). The summed E-state index contributed by atoms with van der Waals surface area (Å²) in [5.74, 6) is -1.31. The van der Waals surface area contributed by atoms with Gasteiger partial charge in [-0.3, -0.25) is 0 Å². The van der Waals surface area contributed by atoms with Crippen molar-refractivity contribution in [1.29, 1.82) is 0 Å². The van der Waals surface area contributed by atoms with E-state index >= 15 is 0 Å². The van der Waals surface area contributed by atoms with Crippen LogP contribution in [0.5, 0.6) is 5.75 Å². The molecule has 1 N–H and O–H groups in total. The maximum Gasteiger partial charge on any atom is 0.193 e. The first-order valence-corrected chi connectivity index (χ1v) is 6.43. The Kier molecular flexibility index (Phi) is 6.73. The molecule has 0 aromatic heterocycles. The first-order valence-electron chi connectivity index (χ1n) is 6.43. The first kappa shape index (κ1) is 15.9. The van der Waals surface area contributed by atoms with Gasteiger partial charge in [0, 0.05) is 13.2 Å². The zero-order valence-electron chi connectivity index (χ0n) is 11.6. The fraction of sp³-hybridized carbons (Fsp3) is 0.571. The van der Waals surface area contributed by atoms with Crippen LogP contribution >= 0.6 is 0 Å². The molecule has 19 heavy (non-hydrogen) atoms. The molecular weight excluding hydrogens is 252 g/mol. The Bertz CT molecular complexity index is 374. The van der Waals surface area contributed by atoms with E-state index in [4.69, 9.17) is 9.47 Å². The van der Waals surface area contributed by atoms with Crippen molar-refractivity contribution in [3.63, 3.8) is 0 Å². The van der Waals surface area contributed by atoms with Crippen molar-refractivity contribution in [2.24, 2.45) is 5.92 Å². The SMILES string of the molecule is CCOCOc1c(F)cc(CNCC(C)C)cc1F. The molecule has 108 valence electrons. The summed E-state index contributed by atoms with van der Waals surface area (Å²) in [7, 11) is 0. The van der Waals surface area contributed by atoms with Crippen LogP contribution in [-0.4, -0.2) is 19.9 Å². The topological polar surface area (TPSA) is 30.5 Å². The maximum atomic E-state index is 13.7. The first-order chi connectivity index (χ1) is 9.04. The van der Waals surface area contributed by atoms with Gasteiger partial charge in [-0.15, -0.1) is 0 Å². The second-order valence-corrected chi connectivity index (χ2v) is 4.67. The number of benzene rings is 1. The lowest BCUT2D eigenvalue weighted by Gasteiger charge is -2.11. The molecule has 1 aromatic rings. The van der Waals surface area contributed by atoms with E-state index in [9.17, 15) is 8.78 Å². The Morgan fingerprint density at radius 1 is 1.21 bits per heavy atom. The molecule has 0 fully saturated rings. The third kappa shape index (κ3) is 5.53. The van der Waals surface area contributed by atoms with Gasteiger partial charge < -0.3 is 14.8 Å². The van der Waals surface area contributed by atoms with Crippen LogP contribution in [0.1, 0.15) is 26.3 Å². The third-order valence-corrected chi connectivity index (χ3v) is 2.43. The molecule has 0 saturated carbocycles. The van der Waals surface area contributed by atoms with Gasteiger partial charge in [0.05, 0.1) is 0 Å². The Balaban J connectivity index is 2.62. The summed E-state index contributed by atoms with van der Waals surface area (Å²) < 4.78 is 37.2. The van der Waals surface area contributed by atoms with Crippen LogP contribution in [-0.2, 0) is 11.3 Å². The molecular formula is C14H21F2NO2. The largest absolute Gasteiger partial charge is 0.461 e. The molecule has 0 aliphatic heterocycles. The molecule has 0 radical (unpaired) electrons. The fourth-order valence-corrected chi connectivity index (χ4v) is 1.54. The van der Waals surface area contributed by atoms with Gasteiger partial charge in [-0.1, -0.05) is 13.8 Å². The second-order valence-electron chi connectivity index (χ2n) is 4.67. The molecule has 3 nitrogen and oxygen atoms in total. The molecule has 0 aliphatic rings. The van der Waals surface area contributed by atoms with Crippen LogP contribution in [0.2, 0.25) is 0 Å². The van der Waals surface area contributed by atoms with Gasteiger partial charge in [0.1, 0.15) is 0 Å². The number of rotatable bonds is 8. The monoisotopic (exact) mass is 273 g/mol. The average Bonchev–Trinajstić information content (AvgIpc) is 2.32. The van der Waals surface area contributed by atoms with Crippen LogP contribution in [0.4, 0.5) is 8.78 Å². The molecule has 0 aliphatic carbocycles. The summed E-state index contributed by atoms with van der Waals surface area (Å²) in [5, 5.41) is 3.13. The van der Waals surface area contributed by atoms with Crippen molar-refractivity contribution < 1.29 is 18.3 Å². The van der Waals surface area contributed by atoms with E-state index < -0.39 is 11.6 Å². The number of halogens is 2. The van der Waals surface area contributed by atoms with Crippen LogP contribution in [0.15, 0.2) is 12.1 Å². The minimum absolute atomic E-state index is 0.157. The molecule has 0 saturated heterocycles. The van der Waals surface area contributed by atoms with Gasteiger partial charge in [0.15, 0.2) is 24.2 Å². The van der Waals surface area contributed by atoms with Crippen LogP contribution < -0.4 is 10.1 Å². The van der Waals surface area contributed by atoms with E-state index in [1.807, 2.05) is 0 Å². The second kappa shape index (κ2) is 8.07. The van der Waals surface area contributed by atoms with Crippen LogP contribution in [0, 0.1) is 17.6 Å². The van der Waals surface area contributed by atoms with E-state index in [-0.39, 0.29) is 12.5 Å². The molecule has 1 aromatic carbocycles. The highest BCUT2D eigenvalue weighted by Gasteiger charge is 2.12. The molecule has 0 atom stereocenters. The standard InChI is InChI=1S/C14H21F2NO2/c1-4-18-9-19-14-12(15)5-11(6-13(14)16)8-17-7-10(2)3/h5-6,10,17H,4,7-9H2,1-3H3. The summed E-state index contributed by atoms with van der Waals surface area (Å²) >= 11 is 0. The minimum Gasteiger partial charge on any atom is -0.461 e. The van der Waals surface area contributed by atoms with Gasteiger partial charge in [-0.05, 0) is 37.1 Å². The van der Waals surface area contributed by atoms with E-state index in [1.54, 1.807) is 6.92 Å². The van der Waals surface area contributed by atoms with Crippen molar-refractivity contribution in [2.45, 2.75) is 27.3 Å². The summed E-state index contributed by atoms with van der Waals surface area (Å²) in [4.78, 5) is 0. The van der Waals surface area contributed by atoms with Crippen molar-refractivity contribution in [2.75, 3.05) is 19.9 Å². The zero-order chi connectivity index (χ0) is 14.3. The van der Waals surface area contributed by atoms with Crippen molar-refractivity contribution in [1.82, 2.24) is 5.32 Å².